The van der Waals surface area contributed by atoms with Gasteiger partial charge in [-0.05, 0) is 30.5 Å². The summed E-state index contributed by atoms with van der Waals surface area (Å²) >= 11 is 6.17. The topological polar surface area (TPSA) is 50.7 Å². The van der Waals surface area contributed by atoms with Crippen LogP contribution in [0, 0.1) is 0 Å². The smallest absolute Gasteiger partial charge is 0.138 e. The summed E-state index contributed by atoms with van der Waals surface area (Å²) in [6, 6.07) is 6.53. The third kappa shape index (κ3) is 5.37. The van der Waals surface area contributed by atoms with Gasteiger partial charge >= 0.3 is 0 Å². The molecule has 1 aliphatic carbocycles. The minimum atomic E-state index is 0.0312. The van der Waals surface area contributed by atoms with Gasteiger partial charge in [-0.2, -0.15) is 0 Å². The average Bonchev–Trinajstić information content (AvgIpc) is 3.22. The maximum atomic E-state index is 8.56. The molecule has 0 aliphatic heterocycles. The molecule has 2 rings (SSSR count). The first kappa shape index (κ1) is 14.6. The van der Waals surface area contributed by atoms with E-state index in [2.05, 4.69) is 5.32 Å². The monoisotopic (exact) mass is 285 g/mol. The van der Waals surface area contributed by atoms with Crippen molar-refractivity contribution < 1.29 is 14.6 Å². The van der Waals surface area contributed by atoms with Gasteiger partial charge in [-0.3, -0.25) is 0 Å². The molecule has 0 radical (unpaired) electrons. The van der Waals surface area contributed by atoms with Crippen LogP contribution in [-0.4, -0.2) is 37.6 Å². The maximum absolute atomic E-state index is 8.56. The average molecular weight is 286 g/mol. The van der Waals surface area contributed by atoms with Crippen molar-refractivity contribution in [3.8, 4) is 5.75 Å². The molecule has 19 heavy (non-hydrogen) atoms. The Morgan fingerprint density at radius 2 is 2.11 bits per heavy atom. The van der Waals surface area contributed by atoms with E-state index in [0.29, 0.717) is 36.6 Å². The van der Waals surface area contributed by atoms with Gasteiger partial charge in [-0.15, -0.1) is 0 Å². The van der Waals surface area contributed by atoms with E-state index in [-0.39, 0.29) is 6.61 Å². The van der Waals surface area contributed by atoms with Crippen LogP contribution in [0.25, 0.3) is 0 Å². The van der Waals surface area contributed by atoms with Gasteiger partial charge in [0.15, 0.2) is 0 Å². The van der Waals surface area contributed by atoms with Crippen LogP contribution in [0.4, 0.5) is 0 Å². The summed E-state index contributed by atoms with van der Waals surface area (Å²) in [6.45, 7) is 2.10. The highest BCUT2D eigenvalue weighted by molar-refractivity contribution is 6.32. The SMILES string of the molecule is OCCOCCOc1ccc(CNC2CC2)cc1Cl. The maximum Gasteiger partial charge on any atom is 0.138 e. The zero-order valence-corrected chi connectivity index (χ0v) is 11.7. The van der Waals surface area contributed by atoms with Gasteiger partial charge < -0.3 is 19.9 Å². The summed E-state index contributed by atoms with van der Waals surface area (Å²) in [5, 5.41) is 12.6. The Bertz CT molecular complexity index is 396. The first-order chi connectivity index (χ1) is 9.29. The van der Waals surface area contributed by atoms with Crippen molar-refractivity contribution in [3.05, 3.63) is 28.8 Å². The van der Waals surface area contributed by atoms with E-state index >= 15 is 0 Å². The molecule has 0 bridgehead atoms. The predicted octanol–water partition coefficient (Wildman–Crippen LogP) is 1.98. The Labute approximate surface area is 118 Å². The van der Waals surface area contributed by atoms with Crippen molar-refractivity contribution in [3.63, 3.8) is 0 Å². The van der Waals surface area contributed by atoms with Gasteiger partial charge in [0.2, 0.25) is 0 Å². The number of aliphatic hydroxyl groups is 1. The number of hydrogen-bond donors (Lipinski definition) is 2. The second-order valence-corrected chi connectivity index (χ2v) is 5.01. The van der Waals surface area contributed by atoms with Crippen molar-refractivity contribution in [2.45, 2.75) is 25.4 Å². The van der Waals surface area contributed by atoms with Crippen LogP contribution in [0.15, 0.2) is 18.2 Å². The molecule has 1 aromatic rings. The van der Waals surface area contributed by atoms with E-state index in [0.717, 1.165) is 6.54 Å². The predicted molar refractivity (Wildman–Crippen MR) is 74.7 cm³/mol. The van der Waals surface area contributed by atoms with Crippen molar-refractivity contribution in [2.24, 2.45) is 0 Å². The van der Waals surface area contributed by atoms with Crippen LogP contribution >= 0.6 is 11.6 Å². The summed E-state index contributed by atoms with van der Waals surface area (Å²) in [7, 11) is 0. The Hall–Kier alpha value is -0.810. The minimum Gasteiger partial charge on any atom is -0.490 e. The quantitative estimate of drug-likeness (QED) is 0.681. The number of nitrogens with one attached hydrogen (secondary N) is 1. The highest BCUT2D eigenvalue weighted by atomic mass is 35.5. The van der Waals surface area contributed by atoms with Crippen molar-refractivity contribution >= 4 is 11.6 Å². The highest BCUT2D eigenvalue weighted by Gasteiger charge is 2.19. The Kier molecular flexibility index (Phi) is 5.92. The van der Waals surface area contributed by atoms with Gasteiger partial charge in [-0.1, -0.05) is 17.7 Å². The van der Waals surface area contributed by atoms with Crippen LogP contribution in [0.2, 0.25) is 5.02 Å². The number of halogens is 1. The normalized spacial score (nSPS) is 14.6. The third-order valence-electron chi connectivity index (χ3n) is 2.89. The standard InChI is InChI=1S/C14H20ClNO3/c15-13-9-11(10-16-12-2-3-12)1-4-14(13)19-8-7-18-6-5-17/h1,4,9,12,16-17H,2-3,5-8,10H2. The largest absolute Gasteiger partial charge is 0.490 e. The fourth-order valence-corrected chi connectivity index (χ4v) is 1.96. The van der Waals surface area contributed by atoms with Crippen LogP contribution in [0.5, 0.6) is 5.75 Å². The molecule has 1 aromatic carbocycles. The Morgan fingerprint density at radius 1 is 1.26 bits per heavy atom. The van der Waals surface area contributed by atoms with E-state index in [1.54, 1.807) is 0 Å². The second-order valence-electron chi connectivity index (χ2n) is 4.60. The van der Waals surface area contributed by atoms with E-state index < -0.39 is 0 Å². The zero-order valence-electron chi connectivity index (χ0n) is 10.9. The Balaban J connectivity index is 1.73. The molecule has 4 nitrogen and oxygen atoms in total. The lowest BCUT2D eigenvalue weighted by Gasteiger charge is -2.10. The summed E-state index contributed by atoms with van der Waals surface area (Å²) in [5.74, 6) is 0.671. The van der Waals surface area contributed by atoms with Gasteiger partial charge in [-0.25, -0.2) is 0 Å². The molecule has 0 spiro atoms. The van der Waals surface area contributed by atoms with E-state index in [4.69, 9.17) is 26.2 Å². The number of aliphatic hydroxyl groups excluding tert-OH is 1. The number of rotatable bonds is 9. The molecule has 5 heteroatoms. The van der Waals surface area contributed by atoms with Crippen LogP contribution in [-0.2, 0) is 11.3 Å². The number of ether oxygens (including phenoxy) is 2. The molecule has 0 heterocycles. The first-order valence-corrected chi connectivity index (χ1v) is 7.00. The highest BCUT2D eigenvalue weighted by Crippen LogP contribution is 2.26. The van der Waals surface area contributed by atoms with Gasteiger partial charge in [0.25, 0.3) is 0 Å². The van der Waals surface area contributed by atoms with Crippen molar-refractivity contribution in [2.75, 3.05) is 26.4 Å². The molecule has 0 amide bonds. The van der Waals surface area contributed by atoms with Gasteiger partial charge in [0, 0.05) is 12.6 Å². The third-order valence-corrected chi connectivity index (χ3v) is 3.18. The molecule has 0 aromatic heterocycles. The molecule has 0 saturated heterocycles. The fraction of sp³-hybridized carbons (Fsp3) is 0.571. The molecule has 1 saturated carbocycles. The van der Waals surface area contributed by atoms with E-state index in [1.165, 1.54) is 18.4 Å². The van der Waals surface area contributed by atoms with E-state index in [9.17, 15) is 0 Å². The summed E-state index contributed by atoms with van der Waals surface area (Å²) in [6.07, 6.45) is 2.56. The van der Waals surface area contributed by atoms with Crippen molar-refractivity contribution in [1.82, 2.24) is 5.32 Å². The summed E-state index contributed by atoms with van der Waals surface area (Å²) in [4.78, 5) is 0. The first-order valence-electron chi connectivity index (χ1n) is 6.63. The minimum absolute atomic E-state index is 0.0312. The molecular formula is C14H20ClNO3. The number of benzene rings is 1. The van der Waals surface area contributed by atoms with Gasteiger partial charge in [0.05, 0.1) is 24.8 Å². The lowest BCUT2D eigenvalue weighted by Crippen LogP contribution is -2.15. The lowest BCUT2D eigenvalue weighted by molar-refractivity contribution is 0.0705. The van der Waals surface area contributed by atoms with Crippen molar-refractivity contribution in [1.29, 1.82) is 0 Å². The summed E-state index contributed by atoms with van der Waals surface area (Å²) in [5.41, 5.74) is 1.17. The summed E-state index contributed by atoms with van der Waals surface area (Å²) < 4.78 is 10.6. The van der Waals surface area contributed by atoms with E-state index in [1.807, 2.05) is 18.2 Å². The fourth-order valence-electron chi connectivity index (χ4n) is 1.70. The molecular weight excluding hydrogens is 266 g/mol. The molecule has 2 N–H and O–H groups in total. The van der Waals surface area contributed by atoms with Crippen LogP contribution in [0.3, 0.4) is 0 Å². The van der Waals surface area contributed by atoms with Crippen LogP contribution < -0.4 is 10.1 Å². The molecule has 1 aliphatic rings. The molecule has 0 atom stereocenters. The van der Waals surface area contributed by atoms with Gasteiger partial charge in [0.1, 0.15) is 12.4 Å². The zero-order chi connectivity index (χ0) is 13.5. The Morgan fingerprint density at radius 3 is 2.79 bits per heavy atom. The van der Waals surface area contributed by atoms with Crippen LogP contribution in [0.1, 0.15) is 18.4 Å². The lowest BCUT2D eigenvalue weighted by atomic mass is 10.2. The molecule has 0 unspecified atom stereocenters. The second kappa shape index (κ2) is 7.70. The molecule has 106 valence electrons. The number of hydrogen-bond acceptors (Lipinski definition) is 4. The molecule has 1 fully saturated rings.